The zero-order valence-electron chi connectivity index (χ0n) is 10.3. The number of aromatic hydroxyl groups is 1. The standard InChI is InChI=1S/C14H13ClINO2/c1-19-11-4-2-9(14(18)7-11)8-17-13-5-3-10(16)6-12(13)15/h2-7,17-18H,8H2,1H3. The molecule has 0 radical (unpaired) electrons. The van der Waals surface area contributed by atoms with Crippen molar-refractivity contribution >= 4 is 39.9 Å². The lowest BCUT2D eigenvalue weighted by Crippen LogP contribution is -2.00. The Morgan fingerprint density at radius 2 is 2.05 bits per heavy atom. The Hall–Kier alpha value is -1.14. The maximum atomic E-state index is 9.86. The minimum atomic E-state index is 0.202. The number of nitrogens with one attached hydrogen (secondary N) is 1. The molecule has 3 nitrogen and oxygen atoms in total. The van der Waals surface area contributed by atoms with Gasteiger partial charge in [0, 0.05) is 21.7 Å². The second kappa shape index (κ2) is 6.34. The van der Waals surface area contributed by atoms with Crippen molar-refractivity contribution in [3.8, 4) is 11.5 Å². The van der Waals surface area contributed by atoms with Crippen LogP contribution in [0, 0.1) is 3.57 Å². The summed E-state index contributed by atoms with van der Waals surface area (Å²) in [5, 5.41) is 13.7. The molecule has 0 spiro atoms. The molecule has 0 bridgehead atoms. The third-order valence-corrected chi connectivity index (χ3v) is 3.68. The minimum Gasteiger partial charge on any atom is -0.507 e. The van der Waals surface area contributed by atoms with Crippen LogP contribution in [0.15, 0.2) is 36.4 Å². The first kappa shape index (κ1) is 14.3. The summed E-state index contributed by atoms with van der Waals surface area (Å²) in [4.78, 5) is 0. The number of benzene rings is 2. The second-order valence-corrected chi connectivity index (χ2v) is 5.63. The van der Waals surface area contributed by atoms with Crippen LogP contribution in [0.1, 0.15) is 5.56 Å². The van der Waals surface area contributed by atoms with Gasteiger partial charge in [0.1, 0.15) is 11.5 Å². The van der Waals surface area contributed by atoms with E-state index < -0.39 is 0 Å². The summed E-state index contributed by atoms with van der Waals surface area (Å²) in [6.45, 7) is 0.496. The lowest BCUT2D eigenvalue weighted by atomic mass is 10.2. The van der Waals surface area contributed by atoms with Gasteiger partial charge < -0.3 is 15.2 Å². The number of phenolic OH excluding ortho intramolecular Hbond substituents is 1. The van der Waals surface area contributed by atoms with Crippen LogP contribution >= 0.6 is 34.2 Å². The number of methoxy groups -OCH3 is 1. The van der Waals surface area contributed by atoms with E-state index in [2.05, 4.69) is 27.9 Å². The van der Waals surface area contributed by atoms with Crippen molar-refractivity contribution in [1.82, 2.24) is 0 Å². The molecule has 2 N–H and O–H groups in total. The van der Waals surface area contributed by atoms with E-state index in [1.807, 2.05) is 30.3 Å². The molecule has 0 amide bonds. The molecule has 0 unspecified atom stereocenters. The van der Waals surface area contributed by atoms with Crippen molar-refractivity contribution < 1.29 is 9.84 Å². The first-order valence-corrected chi connectivity index (χ1v) is 7.10. The smallest absolute Gasteiger partial charge is 0.124 e. The fourth-order valence-corrected chi connectivity index (χ4v) is 2.57. The highest BCUT2D eigenvalue weighted by Crippen LogP contribution is 2.27. The molecule has 0 atom stereocenters. The van der Waals surface area contributed by atoms with Crippen molar-refractivity contribution in [1.29, 1.82) is 0 Å². The van der Waals surface area contributed by atoms with E-state index in [1.54, 1.807) is 13.2 Å². The monoisotopic (exact) mass is 389 g/mol. The quantitative estimate of drug-likeness (QED) is 0.767. The molecule has 0 aliphatic carbocycles. The zero-order chi connectivity index (χ0) is 13.8. The molecule has 0 fully saturated rings. The van der Waals surface area contributed by atoms with Crippen molar-refractivity contribution in [3.63, 3.8) is 0 Å². The molecule has 0 aliphatic heterocycles. The number of rotatable bonds is 4. The molecule has 100 valence electrons. The Kier molecular flexibility index (Phi) is 4.76. The fraction of sp³-hybridized carbons (Fsp3) is 0.143. The van der Waals surface area contributed by atoms with E-state index in [9.17, 15) is 5.11 Å². The lowest BCUT2D eigenvalue weighted by Gasteiger charge is -2.11. The first-order valence-electron chi connectivity index (χ1n) is 5.65. The third-order valence-electron chi connectivity index (χ3n) is 2.69. The highest BCUT2D eigenvalue weighted by Gasteiger charge is 2.05. The molecular formula is C14H13ClINO2. The number of anilines is 1. The van der Waals surface area contributed by atoms with Crippen molar-refractivity contribution in [2.75, 3.05) is 12.4 Å². The minimum absolute atomic E-state index is 0.202. The second-order valence-electron chi connectivity index (χ2n) is 3.97. The summed E-state index contributed by atoms with van der Waals surface area (Å²) >= 11 is 8.34. The van der Waals surface area contributed by atoms with E-state index in [0.29, 0.717) is 17.3 Å². The Morgan fingerprint density at radius 1 is 1.26 bits per heavy atom. The molecular weight excluding hydrogens is 377 g/mol. The molecule has 0 saturated carbocycles. The largest absolute Gasteiger partial charge is 0.507 e. The zero-order valence-corrected chi connectivity index (χ0v) is 13.2. The fourth-order valence-electron chi connectivity index (χ4n) is 1.64. The van der Waals surface area contributed by atoms with Crippen LogP contribution in [-0.2, 0) is 6.54 Å². The van der Waals surface area contributed by atoms with E-state index in [0.717, 1.165) is 14.8 Å². The van der Waals surface area contributed by atoms with Gasteiger partial charge in [0.15, 0.2) is 0 Å². The maximum Gasteiger partial charge on any atom is 0.124 e. The highest BCUT2D eigenvalue weighted by molar-refractivity contribution is 14.1. The molecule has 0 aromatic heterocycles. The van der Waals surface area contributed by atoms with Crippen LogP contribution in [0.4, 0.5) is 5.69 Å². The average molecular weight is 390 g/mol. The molecule has 0 heterocycles. The van der Waals surface area contributed by atoms with Gasteiger partial charge in [0.25, 0.3) is 0 Å². The molecule has 19 heavy (non-hydrogen) atoms. The van der Waals surface area contributed by atoms with Gasteiger partial charge in [-0.25, -0.2) is 0 Å². The average Bonchev–Trinajstić information content (AvgIpc) is 2.39. The summed E-state index contributed by atoms with van der Waals surface area (Å²) in [5.41, 5.74) is 1.63. The SMILES string of the molecule is COc1ccc(CNc2ccc(I)cc2Cl)c(O)c1. The van der Waals surface area contributed by atoms with Crippen LogP contribution in [0.3, 0.4) is 0 Å². The molecule has 0 aliphatic rings. The van der Waals surface area contributed by atoms with Crippen LogP contribution in [0.5, 0.6) is 11.5 Å². The van der Waals surface area contributed by atoms with Gasteiger partial charge in [0.2, 0.25) is 0 Å². The van der Waals surface area contributed by atoms with Crippen LogP contribution < -0.4 is 10.1 Å². The van der Waals surface area contributed by atoms with Crippen molar-refractivity contribution in [2.45, 2.75) is 6.54 Å². The van der Waals surface area contributed by atoms with Gasteiger partial charge in [-0.3, -0.25) is 0 Å². The predicted octanol–water partition coefficient (Wildman–Crippen LogP) is 4.27. The van der Waals surface area contributed by atoms with Gasteiger partial charge in [-0.2, -0.15) is 0 Å². The molecule has 2 aromatic rings. The van der Waals surface area contributed by atoms with Gasteiger partial charge in [-0.15, -0.1) is 0 Å². The number of phenols is 1. The molecule has 2 rings (SSSR count). The highest BCUT2D eigenvalue weighted by atomic mass is 127. The Labute approximate surface area is 130 Å². The van der Waals surface area contributed by atoms with Crippen LogP contribution in [-0.4, -0.2) is 12.2 Å². The summed E-state index contributed by atoms with van der Waals surface area (Å²) < 4.78 is 6.13. The summed E-state index contributed by atoms with van der Waals surface area (Å²) in [7, 11) is 1.57. The summed E-state index contributed by atoms with van der Waals surface area (Å²) in [6, 6.07) is 11.0. The lowest BCUT2D eigenvalue weighted by molar-refractivity contribution is 0.406. The van der Waals surface area contributed by atoms with E-state index in [-0.39, 0.29) is 5.75 Å². The third kappa shape index (κ3) is 3.67. The number of halogens is 2. The van der Waals surface area contributed by atoms with Gasteiger partial charge in [0.05, 0.1) is 17.8 Å². The van der Waals surface area contributed by atoms with Gasteiger partial charge in [-0.1, -0.05) is 11.6 Å². The normalized spacial score (nSPS) is 10.3. The Bertz CT molecular complexity index is 590. The maximum absolute atomic E-state index is 9.86. The van der Waals surface area contributed by atoms with Crippen LogP contribution in [0.2, 0.25) is 5.02 Å². The predicted molar refractivity (Wildman–Crippen MR) is 86.2 cm³/mol. The Morgan fingerprint density at radius 3 is 2.68 bits per heavy atom. The first-order chi connectivity index (χ1) is 9.10. The summed E-state index contributed by atoms with van der Waals surface area (Å²) in [5.74, 6) is 0.835. The van der Waals surface area contributed by atoms with Gasteiger partial charge >= 0.3 is 0 Å². The van der Waals surface area contributed by atoms with Crippen molar-refractivity contribution in [2.24, 2.45) is 0 Å². The van der Waals surface area contributed by atoms with E-state index in [1.165, 1.54) is 0 Å². The number of hydrogen-bond donors (Lipinski definition) is 2. The number of hydrogen-bond acceptors (Lipinski definition) is 3. The topological polar surface area (TPSA) is 41.5 Å². The van der Waals surface area contributed by atoms with E-state index in [4.69, 9.17) is 16.3 Å². The van der Waals surface area contributed by atoms with Crippen molar-refractivity contribution in [3.05, 3.63) is 50.6 Å². The molecule has 5 heteroatoms. The number of ether oxygens (including phenoxy) is 1. The van der Waals surface area contributed by atoms with Crippen LogP contribution in [0.25, 0.3) is 0 Å². The Balaban J connectivity index is 2.10. The van der Waals surface area contributed by atoms with E-state index >= 15 is 0 Å². The summed E-state index contributed by atoms with van der Waals surface area (Å²) in [6.07, 6.45) is 0. The molecule has 0 saturated heterocycles. The molecule has 2 aromatic carbocycles. The van der Waals surface area contributed by atoms with Gasteiger partial charge in [-0.05, 0) is 52.9 Å².